The normalized spacial score (nSPS) is 15.3. The van der Waals surface area contributed by atoms with Gasteiger partial charge in [-0.1, -0.05) is 17.7 Å². The highest BCUT2D eigenvalue weighted by Crippen LogP contribution is 2.24. The number of nitrogens with zero attached hydrogens (tertiary/aromatic N) is 4. The Morgan fingerprint density at radius 1 is 0.967 bits per heavy atom. The van der Waals surface area contributed by atoms with Crippen LogP contribution in [0.4, 0.5) is 5.69 Å². The molecule has 1 fully saturated rings. The fraction of sp³-hybridized carbons (Fsp3) is 0.318. The Bertz CT molecular complexity index is 1080. The van der Waals surface area contributed by atoms with Gasteiger partial charge in [0.1, 0.15) is 16.5 Å². The van der Waals surface area contributed by atoms with Crippen LogP contribution in [0.1, 0.15) is 11.4 Å². The van der Waals surface area contributed by atoms with Crippen molar-refractivity contribution in [2.45, 2.75) is 18.4 Å². The first-order chi connectivity index (χ1) is 14.4. The van der Waals surface area contributed by atoms with Gasteiger partial charge in [-0.15, -0.1) is 0 Å². The third kappa shape index (κ3) is 4.66. The molecular formula is C22H26N4O3S. The van der Waals surface area contributed by atoms with E-state index in [4.69, 9.17) is 4.18 Å². The van der Waals surface area contributed by atoms with Gasteiger partial charge in [0.25, 0.3) is 0 Å². The zero-order valence-electron chi connectivity index (χ0n) is 17.2. The third-order valence-corrected chi connectivity index (χ3v) is 6.64. The maximum atomic E-state index is 12.4. The lowest BCUT2D eigenvalue weighted by Gasteiger charge is -2.35. The summed E-state index contributed by atoms with van der Waals surface area (Å²) in [4.78, 5) is 9.24. The first kappa shape index (κ1) is 20.4. The predicted molar refractivity (Wildman–Crippen MR) is 116 cm³/mol. The Hall–Kier alpha value is -2.84. The van der Waals surface area contributed by atoms with E-state index in [-0.39, 0.29) is 4.90 Å². The van der Waals surface area contributed by atoms with Crippen molar-refractivity contribution >= 4 is 15.8 Å². The van der Waals surface area contributed by atoms with E-state index in [1.165, 1.54) is 0 Å². The minimum Gasteiger partial charge on any atom is -0.379 e. The number of hydrogen-bond acceptors (Lipinski definition) is 6. The first-order valence-electron chi connectivity index (χ1n) is 9.95. The van der Waals surface area contributed by atoms with Crippen LogP contribution in [0, 0.1) is 6.92 Å². The number of benzene rings is 2. The van der Waals surface area contributed by atoms with Crippen LogP contribution in [0.5, 0.6) is 5.75 Å². The summed E-state index contributed by atoms with van der Waals surface area (Å²) in [5, 5.41) is 0. The first-order valence-corrected chi connectivity index (χ1v) is 11.4. The van der Waals surface area contributed by atoms with Crippen molar-refractivity contribution in [1.82, 2.24) is 14.5 Å². The lowest BCUT2D eigenvalue weighted by atomic mass is 10.2. The molecule has 0 bridgehead atoms. The van der Waals surface area contributed by atoms with E-state index in [1.807, 2.05) is 38.5 Å². The fourth-order valence-electron chi connectivity index (χ4n) is 3.51. The number of hydrogen-bond donors (Lipinski definition) is 0. The largest absolute Gasteiger partial charge is 0.379 e. The summed E-state index contributed by atoms with van der Waals surface area (Å²) in [6.45, 7) is 6.48. The summed E-state index contributed by atoms with van der Waals surface area (Å²) >= 11 is 0. The fourth-order valence-corrected chi connectivity index (χ4v) is 4.44. The molecule has 7 nitrogen and oxygen atoms in total. The number of aromatic nitrogens is 2. The highest BCUT2D eigenvalue weighted by atomic mass is 32.2. The van der Waals surface area contributed by atoms with Gasteiger partial charge in [-0.2, -0.15) is 8.42 Å². The van der Waals surface area contributed by atoms with E-state index in [0.29, 0.717) is 5.75 Å². The molecule has 0 aliphatic carbocycles. The number of rotatable bonds is 6. The van der Waals surface area contributed by atoms with Crippen LogP contribution < -0.4 is 9.08 Å². The molecule has 158 valence electrons. The van der Waals surface area contributed by atoms with Crippen LogP contribution >= 0.6 is 0 Å². The van der Waals surface area contributed by atoms with Gasteiger partial charge in [0.05, 0.1) is 6.54 Å². The Balaban J connectivity index is 1.35. The average molecular weight is 427 g/mol. The molecule has 0 unspecified atom stereocenters. The second-order valence-corrected chi connectivity index (χ2v) is 9.11. The van der Waals surface area contributed by atoms with E-state index in [1.54, 1.807) is 36.4 Å². The topological polar surface area (TPSA) is 67.7 Å². The van der Waals surface area contributed by atoms with E-state index in [2.05, 4.69) is 19.4 Å². The summed E-state index contributed by atoms with van der Waals surface area (Å²) < 4.78 is 32.2. The van der Waals surface area contributed by atoms with Gasteiger partial charge in [-0.3, -0.25) is 4.90 Å². The molecule has 0 amide bonds. The summed E-state index contributed by atoms with van der Waals surface area (Å²) in [6, 6.07) is 13.9. The molecule has 1 aliphatic heterocycles. The third-order valence-electron chi connectivity index (χ3n) is 5.38. The second kappa shape index (κ2) is 8.49. The smallest absolute Gasteiger partial charge is 0.339 e. The molecule has 0 spiro atoms. The average Bonchev–Trinajstić information content (AvgIpc) is 3.14. The Labute approximate surface area is 177 Å². The second-order valence-electron chi connectivity index (χ2n) is 7.56. The van der Waals surface area contributed by atoms with Crippen LogP contribution in [-0.4, -0.2) is 49.0 Å². The van der Waals surface area contributed by atoms with E-state index in [9.17, 15) is 8.42 Å². The van der Waals surface area contributed by atoms with E-state index < -0.39 is 10.1 Å². The molecule has 3 aromatic rings. The van der Waals surface area contributed by atoms with Crippen LogP contribution in [-0.2, 0) is 23.7 Å². The van der Waals surface area contributed by atoms with Gasteiger partial charge in [0.15, 0.2) is 0 Å². The monoisotopic (exact) mass is 426 g/mol. The number of imidazole rings is 1. The van der Waals surface area contributed by atoms with Crippen LogP contribution in [0.3, 0.4) is 0 Å². The van der Waals surface area contributed by atoms with Crippen LogP contribution in [0.25, 0.3) is 0 Å². The van der Waals surface area contributed by atoms with E-state index >= 15 is 0 Å². The molecule has 1 saturated heterocycles. The molecule has 30 heavy (non-hydrogen) atoms. The van der Waals surface area contributed by atoms with E-state index in [0.717, 1.165) is 49.8 Å². The molecule has 2 heterocycles. The number of anilines is 1. The van der Waals surface area contributed by atoms with Crippen LogP contribution in [0.15, 0.2) is 65.8 Å². The Kier molecular flexibility index (Phi) is 5.78. The summed E-state index contributed by atoms with van der Waals surface area (Å²) in [7, 11) is -1.82. The lowest BCUT2D eigenvalue weighted by Crippen LogP contribution is -2.46. The van der Waals surface area contributed by atoms with Crippen LogP contribution in [0.2, 0.25) is 0 Å². The maximum Gasteiger partial charge on any atom is 0.339 e. The summed E-state index contributed by atoms with van der Waals surface area (Å²) in [5.41, 5.74) is 2.06. The highest BCUT2D eigenvalue weighted by Gasteiger charge is 2.20. The molecule has 8 heteroatoms. The van der Waals surface area contributed by atoms with Crippen molar-refractivity contribution in [3.8, 4) is 5.75 Å². The SMILES string of the molecule is Cc1ccc(S(=O)(=O)Oc2ccc(N3CCN(Cc4nccn4C)CC3)cc2)cc1. The maximum absolute atomic E-state index is 12.4. The van der Waals surface area contributed by atoms with Gasteiger partial charge in [0.2, 0.25) is 0 Å². The Morgan fingerprint density at radius 2 is 1.63 bits per heavy atom. The zero-order chi connectivity index (χ0) is 21.1. The Morgan fingerprint density at radius 3 is 2.23 bits per heavy atom. The van der Waals surface area contributed by atoms with Crippen molar-refractivity contribution in [3.63, 3.8) is 0 Å². The van der Waals surface area contributed by atoms with Crippen molar-refractivity contribution in [2.75, 3.05) is 31.1 Å². The molecule has 2 aromatic carbocycles. The summed E-state index contributed by atoms with van der Waals surface area (Å²) in [5.74, 6) is 1.38. The molecule has 1 aliphatic rings. The molecular weight excluding hydrogens is 400 g/mol. The standard InChI is InChI=1S/C22H26N4O3S/c1-18-3-9-21(10-4-18)30(27,28)29-20-7-5-19(6-8-20)26-15-13-25(14-16-26)17-22-23-11-12-24(22)2/h3-12H,13-17H2,1-2H3. The van der Waals surface area contributed by atoms with Gasteiger partial charge >= 0.3 is 10.1 Å². The quantitative estimate of drug-likeness (QED) is 0.565. The number of aryl methyl sites for hydroxylation is 2. The molecule has 0 atom stereocenters. The van der Waals surface area contributed by atoms with Gasteiger partial charge in [-0.25, -0.2) is 4.98 Å². The van der Waals surface area contributed by atoms with Gasteiger partial charge in [-0.05, 0) is 43.3 Å². The minimum absolute atomic E-state index is 0.154. The van der Waals surface area contributed by atoms with Crippen molar-refractivity contribution in [3.05, 3.63) is 72.3 Å². The van der Waals surface area contributed by atoms with Crippen molar-refractivity contribution in [2.24, 2.45) is 7.05 Å². The zero-order valence-corrected chi connectivity index (χ0v) is 18.0. The number of piperazine rings is 1. The highest BCUT2D eigenvalue weighted by molar-refractivity contribution is 7.87. The van der Waals surface area contributed by atoms with Crippen molar-refractivity contribution < 1.29 is 12.6 Å². The van der Waals surface area contributed by atoms with Crippen molar-refractivity contribution in [1.29, 1.82) is 0 Å². The molecule has 0 radical (unpaired) electrons. The molecule has 1 aromatic heterocycles. The minimum atomic E-state index is -3.83. The van der Waals surface area contributed by atoms with Gasteiger partial charge < -0.3 is 13.7 Å². The molecule has 4 rings (SSSR count). The molecule has 0 saturated carbocycles. The lowest BCUT2D eigenvalue weighted by molar-refractivity contribution is 0.242. The van der Waals surface area contributed by atoms with Gasteiger partial charge in [0, 0.05) is 51.3 Å². The summed E-state index contributed by atoms with van der Waals surface area (Å²) in [6.07, 6.45) is 3.79. The predicted octanol–water partition coefficient (Wildman–Crippen LogP) is 2.82. The molecule has 0 N–H and O–H groups in total.